The van der Waals surface area contributed by atoms with Gasteiger partial charge in [-0.05, 0) is 43.4 Å². The highest BCUT2D eigenvalue weighted by atomic mass is 16.5. The molecule has 1 aliphatic carbocycles. The van der Waals surface area contributed by atoms with E-state index in [1.54, 1.807) is 12.4 Å². The number of β-amino-alcohol motifs (C(OH)–C–C–N with tert-alkyl or cyclic N) is 1. The highest BCUT2D eigenvalue weighted by Crippen LogP contribution is 2.32. The summed E-state index contributed by atoms with van der Waals surface area (Å²) in [4.78, 5) is 31.4. The second-order valence-corrected chi connectivity index (χ2v) is 8.94. The number of aliphatic hydroxyl groups excluding tert-OH is 1. The molecule has 170 valence electrons. The van der Waals surface area contributed by atoms with Crippen LogP contribution in [0.15, 0.2) is 24.5 Å². The van der Waals surface area contributed by atoms with Crippen molar-refractivity contribution in [3.8, 4) is 0 Å². The van der Waals surface area contributed by atoms with Crippen LogP contribution in [-0.2, 0) is 25.6 Å². The van der Waals surface area contributed by atoms with E-state index in [9.17, 15) is 14.7 Å². The number of carbonyl (C=O) groups excluding carboxylic acids is 2. The summed E-state index contributed by atoms with van der Waals surface area (Å²) < 4.78 is 11.9. The predicted molar refractivity (Wildman–Crippen MR) is 113 cm³/mol. The number of ether oxygens (including phenoxy) is 2. The molecule has 0 unspecified atom stereocenters. The van der Waals surface area contributed by atoms with Gasteiger partial charge >= 0.3 is 0 Å². The lowest BCUT2D eigenvalue weighted by Crippen LogP contribution is -2.58. The van der Waals surface area contributed by atoms with Crippen LogP contribution < -0.4 is 5.32 Å². The molecule has 2 aliphatic heterocycles. The van der Waals surface area contributed by atoms with Crippen LogP contribution in [0.2, 0.25) is 0 Å². The fraction of sp³-hybridized carbons (Fsp3) is 0.696. The summed E-state index contributed by atoms with van der Waals surface area (Å²) in [7, 11) is 0. The largest absolute Gasteiger partial charge is 0.389 e. The average Bonchev–Trinajstić information content (AvgIpc) is 3.31. The van der Waals surface area contributed by atoms with E-state index in [-0.39, 0.29) is 55.6 Å². The molecular formula is C23H33N3O5. The maximum atomic E-state index is 13.2. The molecular weight excluding hydrogens is 398 g/mol. The minimum absolute atomic E-state index is 0.0543. The Kier molecular flexibility index (Phi) is 7.53. The molecule has 0 aromatic carbocycles. The van der Waals surface area contributed by atoms with Crippen LogP contribution in [0.3, 0.4) is 0 Å². The van der Waals surface area contributed by atoms with Crippen LogP contribution in [0, 0.1) is 5.92 Å². The number of carbonyl (C=O) groups is 2. The van der Waals surface area contributed by atoms with Crippen molar-refractivity contribution in [3.63, 3.8) is 0 Å². The van der Waals surface area contributed by atoms with Gasteiger partial charge in [0.05, 0.1) is 37.9 Å². The van der Waals surface area contributed by atoms with Crippen molar-refractivity contribution in [2.75, 3.05) is 19.8 Å². The zero-order valence-corrected chi connectivity index (χ0v) is 17.9. The number of nitrogens with one attached hydrogen (secondary N) is 1. The maximum absolute atomic E-state index is 13.2. The number of rotatable bonds is 5. The number of amides is 2. The molecule has 8 nitrogen and oxygen atoms in total. The first-order valence-corrected chi connectivity index (χ1v) is 11.5. The summed E-state index contributed by atoms with van der Waals surface area (Å²) >= 11 is 0. The predicted octanol–water partition coefficient (Wildman–Crippen LogP) is 1.41. The number of aliphatic hydroxyl groups is 1. The standard InChI is InChI=1S/C23H33N3O5/c27-18-13-26(23(29)17-3-1-2-4-17)20-6-5-19(31-21(20)15-30-14-18)11-22(28)25-12-16-7-9-24-10-8-16/h7-10,17-21,27H,1-6,11-15H2,(H,25,28)/t18-,19+,20+,21-/m0/s1. The van der Waals surface area contributed by atoms with Crippen LogP contribution in [0.25, 0.3) is 0 Å². The molecule has 3 heterocycles. The third-order valence-electron chi connectivity index (χ3n) is 6.62. The van der Waals surface area contributed by atoms with Crippen molar-refractivity contribution in [2.24, 2.45) is 5.92 Å². The molecule has 1 saturated carbocycles. The fourth-order valence-electron chi connectivity index (χ4n) is 4.98. The summed E-state index contributed by atoms with van der Waals surface area (Å²) in [5, 5.41) is 13.2. The minimum atomic E-state index is -0.678. The molecule has 8 heteroatoms. The number of aromatic nitrogens is 1. The SMILES string of the molecule is O=C(C[C@H]1CC[C@@H]2[C@H](COC[C@@H](O)CN2C(=O)C2CCCC2)O1)NCc1ccncc1. The molecule has 4 atom stereocenters. The number of hydrogen-bond acceptors (Lipinski definition) is 6. The van der Waals surface area contributed by atoms with Crippen molar-refractivity contribution in [2.45, 2.75) is 75.8 Å². The monoisotopic (exact) mass is 431 g/mol. The van der Waals surface area contributed by atoms with Crippen molar-refractivity contribution in [3.05, 3.63) is 30.1 Å². The van der Waals surface area contributed by atoms with E-state index in [0.717, 1.165) is 37.7 Å². The molecule has 2 N–H and O–H groups in total. The van der Waals surface area contributed by atoms with Gasteiger partial charge in [0, 0.05) is 31.4 Å². The molecule has 1 aromatic heterocycles. The van der Waals surface area contributed by atoms with Gasteiger partial charge in [0.2, 0.25) is 11.8 Å². The molecule has 0 radical (unpaired) electrons. The molecule has 1 aromatic rings. The summed E-state index contributed by atoms with van der Waals surface area (Å²) in [5.41, 5.74) is 1.00. The Morgan fingerprint density at radius 1 is 1.13 bits per heavy atom. The number of pyridine rings is 1. The van der Waals surface area contributed by atoms with Gasteiger partial charge in [-0.2, -0.15) is 0 Å². The van der Waals surface area contributed by atoms with Gasteiger partial charge in [-0.3, -0.25) is 14.6 Å². The first kappa shape index (κ1) is 22.2. The van der Waals surface area contributed by atoms with E-state index < -0.39 is 6.10 Å². The van der Waals surface area contributed by atoms with Gasteiger partial charge in [-0.1, -0.05) is 12.8 Å². The third-order valence-corrected chi connectivity index (χ3v) is 6.62. The zero-order chi connectivity index (χ0) is 21.6. The Morgan fingerprint density at radius 3 is 2.68 bits per heavy atom. The van der Waals surface area contributed by atoms with E-state index in [4.69, 9.17) is 9.47 Å². The summed E-state index contributed by atoms with van der Waals surface area (Å²) in [6, 6.07) is 3.63. The Bertz CT molecular complexity index is 740. The lowest BCUT2D eigenvalue weighted by molar-refractivity contribution is -0.171. The van der Waals surface area contributed by atoms with Crippen LogP contribution >= 0.6 is 0 Å². The first-order chi connectivity index (χ1) is 15.1. The zero-order valence-electron chi connectivity index (χ0n) is 17.9. The maximum Gasteiger partial charge on any atom is 0.226 e. The Morgan fingerprint density at radius 2 is 1.90 bits per heavy atom. The van der Waals surface area contributed by atoms with Gasteiger partial charge in [-0.15, -0.1) is 0 Å². The van der Waals surface area contributed by atoms with Crippen molar-refractivity contribution in [1.82, 2.24) is 15.2 Å². The van der Waals surface area contributed by atoms with Crippen LogP contribution in [-0.4, -0.2) is 70.9 Å². The molecule has 2 saturated heterocycles. The quantitative estimate of drug-likeness (QED) is 0.731. The molecule has 0 spiro atoms. The van der Waals surface area contributed by atoms with Gasteiger partial charge in [0.15, 0.2) is 0 Å². The summed E-state index contributed by atoms with van der Waals surface area (Å²) in [5.74, 6) is 0.150. The van der Waals surface area contributed by atoms with Gasteiger partial charge in [0.25, 0.3) is 0 Å². The Balaban J connectivity index is 1.34. The van der Waals surface area contributed by atoms with Crippen LogP contribution in [0.1, 0.15) is 50.5 Å². The first-order valence-electron chi connectivity index (χ1n) is 11.5. The van der Waals surface area contributed by atoms with E-state index >= 15 is 0 Å². The summed E-state index contributed by atoms with van der Waals surface area (Å²) in [6.07, 6.45) is 8.05. The average molecular weight is 432 g/mol. The molecule has 2 amide bonds. The third kappa shape index (κ3) is 5.81. The molecule has 4 rings (SSSR count). The molecule has 0 bridgehead atoms. The number of fused-ring (bicyclic) bond motifs is 1. The second-order valence-electron chi connectivity index (χ2n) is 8.94. The van der Waals surface area contributed by atoms with Crippen molar-refractivity contribution in [1.29, 1.82) is 0 Å². The van der Waals surface area contributed by atoms with Crippen LogP contribution in [0.5, 0.6) is 0 Å². The molecule has 3 fully saturated rings. The van der Waals surface area contributed by atoms with Crippen molar-refractivity contribution >= 4 is 11.8 Å². The topological polar surface area (TPSA) is 101 Å². The lowest BCUT2D eigenvalue weighted by Gasteiger charge is -2.45. The molecule has 3 aliphatic rings. The Hall–Kier alpha value is -2.03. The smallest absolute Gasteiger partial charge is 0.226 e. The van der Waals surface area contributed by atoms with Gasteiger partial charge in [-0.25, -0.2) is 0 Å². The Labute approximate surface area is 183 Å². The number of hydrogen-bond donors (Lipinski definition) is 2. The van der Waals surface area contributed by atoms with Gasteiger partial charge in [0.1, 0.15) is 6.10 Å². The second kappa shape index (κ2) is 10.5. The normalized spacial score (nSPS) is 29.6. The fourth-order valence-corrected chi connectivity index (χ4v) is 4.98. The van der Waals surface area contributed by atoms with E-state index in [1.807, 2.05) is 17.0 Å². The lowest BCUT2D eigenvalue weighted by atomic mass is 9.93. The van der Waals surface area contributed by atoms with E-state index in [0.29, 0.717) is 19.6 Å². The van der Waals surface area contributed by atoms with E-state index in [1.165, 1.54) is 0 Å². The highest BCUT2D eigenvalue weighted by Gasteiger charge is 2.41. The van der Waals surface area contributed by atoms with Gasteiger partial charge < -0.3 is 24.8 Å². The minimum Gasteiger partial charge on any atom is -0.389 e. The van der Waals surface area contributed by atoms with Crippen LogP contribution in [0.4, 0.5) is 0 Å². The highest BCUT2D eigenvalue weighted by molar-refractivity contribution is 5.79. The summed E-state index contributed by atoms with van der Waals surface area (Å²) in [6.45, 7) is 1.27. The number of nitrogens with zero attached hydrogens (tertiary/aromatic N) is 2. The van der Waals surface area contributed by atoms with Crippen molar-refractivity contribution < 1.29 is 24.2 Å². The molecule has 31 heavy (non-hydrogen) atoms. The van der Waals surface area contributed by atoms with E-state index in [2.05, 4.69) is 10.3 Å².